The van der Waals surface area contributed by atoms with Gasteiger partial charge < -0.3 is 9.30 Å². The average molecular weight is 315 g/mol. The Hall–Kier alpha value is -2.44. The molecule has 2 aromatic rings. The molecular weight excluding hydrogens is 294 g/mol. The number of hydrogen-bond acceptors (Lipinski definition) is 5. The van der Waals surface area contributed by atoms with Gasteiger partial charge in [-0.25, -0.2) is 4.79 Å². The lowest BCUT2D eigenvalue weighted by Crippen LogP contribution is -2.41. The van der Waals surface area contributed by atoms with Crippen LogP contribution in [0.5, 0.6) is 0 Å². The van der Waals surface area contributed by atoms with Crippen molar-refractivity contribution in [1.82, 2.24) is 24.6 Å². The molecule has 0 bridgehead atoms. The summed E-state index contributed by atoms with van der Waals surface area (Å²) >= 11 is 0. The van der Waals surface area contributed by atoms with Crippen LogP contribution >= 0.6 is 0 Å². The first-order valence-corrected chi connectivity index (χ1v) is 7.66. The number of hydrogen-bond donors (Lipinski definition) is 0. The highest BCUT2D eigenvalue weighted by atomic mass is 16.6. The van der Waals surface area contributed by atoms with E-state index in [4.69, 9.17) is 4.74 Å². The molecule has 0 saturated carbocycles. The Morgan fingerprint density at radius 1 is 1.26 bits per heavy atom. The zero-order chi connectivity index (χ0) is 16.6. The molecule has 0 aliphatic carbocycles. The maximum absolute atomic E-state index is 12.2. The Morgan fingerprint density at radius 2 is 2.04 bits per heavy atom. The molecule has 1 aliphatic heterocycles. The highest BCUT2D eigenvalue weighted by Crippen LogP contribution is 2.21. The molecule has 0 unspecified atom stereocenters. The Balaban J connectivity index is 1.80. The number of fused-ring (bicyclic) bond motifs is 1. The molecule has 1 aliphatic rings. The lowest BCUT2D eigenvalue weighted by atomic mass is 10.2. The molecule has 0 spiro atoms. The van der Waals surface area contributed by atoms with Gasteiger partial charge in [0.2, 0.25) is 0 Å². The van der Waals surface area contributed by atoms with Gasteiger partial charge in [0.25, 0.3) is 0 Å². The number of carbonyl (C=O) groups excluding carboxylic acids is 1. The minimum absolute atomic E-state index is 0.318. The third-order valence-corrected chi connectivity index (χ3v) is 3.55. The van der Waals surface area contributed by atoms with E-state index in [1.807, 2.05) is 44.4 Å². The standard InChI is InChI=1S/C16H21N5O2/c1-11-5-6-17-12(9-11)14-19-18-13-10-20(7-8-21(13)14)15(22)23-16(2,3)4/h5-6,9H,7-8,10H2,1-4H3. The lowest BCUT2D eigenvalue weighted by molar-refractivity contribution is 0.0196. The van der Waals surface area contributed by atoms with Crippen LogP contribution < -0.4 is 0 Å². The SMILES string of the molecule is Cc1ccnc(-c2nnc3n2CCN(C(=O)OC(C)(C)C)C3)c1. The highest BCUT2D eigenvalue weighted by Gasteiger charge is 2.28. The van der Waals surface area contributed by atoms with Crippen molar-refractivity contribution in [2.75, 3.05) is 6.54 Å². The molecule has 0 fully saturated rings. The van der Waals surface area contributed by atoms with Crippen LogP contribution in [0.25, 0.3) is 11.5 Å². The van der Waals surface area contributed by atoms with E-state index in [2.05, 4.69) is 15.2 Å². The van der Waals surface area contributed by atoms with Crippen molar-refractivity contribution >= 4 is 6.09 Å². The van der Waals surface area contributed by atoms with Crippen LogP contribution in [0.1, 0.15) is 32.2 Å². The molecule has 0 saturated heterocycles. The van der Waals surface area contributed by atoms with Crippen LogP contribution in [0.15, 0.2) is 18.3 Å². The van der Waals surface area contributed by atoms with Gasteiger partial charge in [-0.05, 0) is 45.4 Å². The average Bonchev–Trinajstić information content (AvgIpc) is 2.88. The van der Waals surface area contributed by atoms with E-state index in [0.29, 0.717) is 19.6 Å². The van der Waals surface area contributed by atoms with E-state index < -0.39 is 5.60 Å². The van der Waals surface area contributed by atoms with Crippen molar-refractivity contribution in [3.05, 3.63) is 29.7 Å². The molecule has 7 nitrogen and oxygen atoms in total. The summed E-state index contributed by atoms with van der Waals surface area (Å²) in [4.78, 5) is 18.2. The van der Waals surface area contributed by atoms with Crippen molar-refractivity contribution in [3.8, 4) is 11.5 Å². The van der Waals surface area contributed by atoms with Gasteiger partial charge in [0.05, 0.1) is 6.54 Å². The Labute approximate surface area is 135 Å². The number of carbonyl (C=O) groups is 1. The smallest absolute Gasteiger partial charge is 0.410 e. The van der Waals surface area contributed by atoms with E-state index in [-0.39, 0.29) is 6.09 Å². The summed E-state index contributed by atoms with van der Waals surface area (Å²) in [6.45, 7) is 9.19. The molecule has 0 N–H and O–H groups in total. The van der Waals surface area contributed by atoms with Crippen LogP contribution in [-0.2, 0) is 17.8 Å². The van der Waals surface area contributed by atoms with Gasteiger partial charge in [-0.1, -0.05) is 0 Å². The van der Waals surface area contributed by atoms with Crippen molar-refractivity contribution in [3.63, 3.8) is 0 Å². The van der Waals surface area contributed by atoms with Crippen molar-refractivity contribution in [1.29, 1.82) is 0 Å². The van der Waals surface area contributed by atoms with Crippen LogP contribution in [0, 0.1) is 6.92 Å². The highest BCUT2D eigenvalue weighted by molar-refractivity contribution is 5.68. The molecule has 2 aromatic heterocycles. The monoisotopic (exact) mass is 315 g/mol. The largest absolute Gasteiger partial charge is 0.444 e. The van der Waals surface area contributed by atoms with Crippen LogP contribution in [0.3, 0.4) is 0 Å². The molecule has 23 heavy (non-hydrogen) atoms. The molecule has 7 heteroatoms. The van der Waals surface area contributed by atoms with Gasteiger partial charge in [0.15, 0.2) is 11.6 Å². The molecule has 3 heterocycles. The number of aromatic nitrogens is 4. The second-order valence-corrected chi connectivity index (χ2v) is 6.71. The van der Waals surface area contributed by atoms with Gasteiger partial charge >= 0.3 is 6.09 Å². The molecule has 0 radical (unpaired) electrons. The lowest BCUT2D eigenvalue weighted by Gasteiger charge is -2.30. The second-order valence-electron chi connectivity index (χ2n) is 6.71. The van der Waals surface area contributed by atoms with Gasteiger partial charge in [-0.2, -0.15) is 0 Å². The predicted octanol–water partition coefficient (Wildman–Crippen LogP) is 2.40. The van der Waals surface area contributed by atoms with Crippen LogP contribution in [0.2, 0.25) is 0 Å². The quantitative estimate of drug-likeness (QED) is 0.808. The summed E-state index contributed by atoms with van der Waals surface area (Å²) in [6.07, 6.45) is 1.45. The Kier molecular flexibility index (Phi) is 3.79. The summed E-state index contributed by atoms with van der Waals surface area (Å²) < 4.78 is 7.43. The third kappa shape index (κ3) is 3.33. The number of rotatable bonds is 1. The van der Waals surface area contributed by atoms with Crippen LogP contribution in [0.4, 0.5) is 4.79 Å². The second kappa shape index (κ2) is 5.64. The molecule has 122 valence electrons. The maximum Gasteiger partial charge on any atom is 0.410 e. The molecule has 0 atom stereocenters. The van der Waals surface area contributed by atoms with Crippen molar-refractivity contribution in [2.24, 2.45) is 0 Å². The summed E-state index contributed by atoms with van der Waals surface area (Å²) in [6, 6.07) is 3.93. The fourth-order valence-electron chi connectivity index (χ4n) is 2.49. The summed E-state index contributed by atoms with van der Waals surface area (Å²) in [5, 5.41) is 8.46. The minimum atomic E-state index is -0.501. The molecule has 3 rings (SSSR count). The van der Waals surface area contributed by atoms with Gasteiger partial charge in [-0.3, -0.25) is 9.88 Å². The maximum atomic E-state index is 12.2. The number of ether oxygens (including phenoxy) is 1. The summed E-state index contributed by atoms with van der Waals surface area (Å²) in [5.41, 5.74) is 1.42. The summed E-state index contributed by atoms with van der Waals surface area (Å²) in [5.74, 6) is 1.49. The van der Waals surface area contributed by atoms with Gasteiger partial charge in [0, 0.05) is 19.3 Å². The van der Waals surface area contributed by atoms with Gasteiger partial charge in [-0.15, -0.1) is 10.2 Å². The normalized spacial score (nSPS) is 14.5. The van der Waals surface area contributed by atoms with Crippen molar-refractivity contribution in [2.45, 2.75) is 46.4 Å². The first-order chi connectivity index (χ1) is 10.8. The van der Waals surface area contributed by atoms with Crippen molar-refractivity contribution < 1.29 is 9.53 Å². The van der Waals surface area contributed by atoms with Crippen LogP contribution in [-0.4, -0.2) is 42.9 Å². The van der Waals surface area contributed by atoms with E-state index in [0.717, 1.165) is 22.9 Å². The number of pyridine rings is 1. The van der Waals surface area contributed by atoms with E-state index in [9.17, 15) is 4.79 Å². The number of amides is 1. The van der Waals surface area contributed by atoms with E-state index in [1.54, 1.807) is 11.1 Å². The number of nitrogens with zero attached hydrogens (tertiary/aromatic N) is 5. The molecular formula is C16H21N5O2. The minimum Gasteiger partial charge on any atom is -0.444 e. The summed E-state index contributed by atoms with van der Waals surface area (Å²) in [7, 11) is 0. The fraction of sp³-hybridized carbons (Fsp3) is 0.500. The van der Waals surface area contributed by atoms with E-state index >= 15 is 0 Å². The Bertz CT molecular complexity index is 732. The predicted molar refractivity (Wildman–Crippen MR) is 84.6 cm³/mol. The number of aryl methyl sites for hydroxylation is 1. The Morgan fingerprint density at radius 3 is 2.74 bits per heavy atom. The van der Waals surface area contributed by atoms with Gasteiger partial charge in [0.1, 0.15) is 11.3 Å². The third-order valence-electron chi connectivity index (χ3n) is 3.55. The first-order valence-electron chi connectivity index (χ1n) is 7.66. The van der Waals surface area contributed by atoms with E-state index in [1.165, 1.54) is 0 Å². The fourth-order valence-corrected chi connectivity index (χ4v) is 2.49. The zero-order valence-corrected chi connectivity index (χ0v) is 13.9. The molecule has 1 amide bonds. The molecule has 0 aromatic carbocycles. The zero-order valence-electron chi connectivity index (χ0n) is 13.9. The topological polar surface area (TPSA) is 73.1 Å². The first kappa shape index (κ1) is 15.5.